The second kappa shape index (κ2) is 8.87. The van der Waals surface area contributed by atoms with E-state index < -0.39 is 0 Å². The maximum absolute atomic E-state index is 5.93. The van der Waals surface area contributed by atoms with Gasteiger partial charge in [-0.3, -0.25) is 4.90 Å². The van der Waals surface area contributed by atoms with E-state index in [9.17, 15) is 0 Å². The number of pyridine rings is 1. The van der Waals surface area contributed by atoms with E-state index >= 15 is 0 Å². The van der Waals surface area contributed by atoms with Gasteiger partial charge in [0.1, 0.15) is 18.1 Å². The van der Waals surface area contributed by atoms with Crippen LogP contribution >= 0.6 is 0 Å². The second-order valence-corrected chi connectivity index (χ2v) is 8.85. The third kappa shape index (κ3) is 4.31. The summed E-state index contributed by atoms with van der Waals surface area (Å²) in [5.41, 5.74) is 5.47. The van der Waals surface area contributed by atoms with E-state index in [0.717, 1.165) is 60.4 Å². The van der Waals surface area contributed by atoms with Crippen LogP contribution in [-0.4, -0.2) is 52.3 Å². The minimum absolute atomic E-state index is 0.688. The Labute approximate surface area is 193 Å². The maximum Gasteiger partial charge on any atom is 0.156 e. The third-order valence-corrected chi connectivity index (χ3v) is 6.55. The highest BCUT2D eigenvalue weighted by atomic mass is 16.5. The molecule has 33 heavy (non-hydrogen) atoms. The van der Waals surface area contributed by atoms with Crippen LogP contribution < -0.4 is 9.47 Å². The molecule has 0 unspecified atom stereocenters. The van der Waals surface area contributed by atoms with Crippen LogP contribution in [0.3, 0.4) is 0 Å². The van der Waals surface area contributed by atoms with Crippen molar-refractivity contribution in [3.05, 3.63) is 77.6 Å². The van der Waals surface area contributed by atoms with Crippen molar-refractivity contribution in [2.75, 3.05) is 32.8 Å². The standard InChI is InChI=1S/C27H28N4O2/c1-2-14-30(13-1)15-17-32-23-9-6-20(7-10-23)18-26-28-27-5-3-4-24(31(27)29-26)21-8-11-25-22(19-21)12-16-33-25/h3-11,19H,1-2,12-18H2. The molecule has 6 heteroatoms. The first-order valence-electron chi connectivity index (χ1n) is 11.9. The van der Waals surface area contributed by atoms with Crippen LogP contribution in [0.1, 0.15) is 29.8 Å². The number of fused-ring (bicyclic) bond motifs is 2. The summed E-state index contributed by atoms with van der Waals surface area (Å²) in [6, 6.07) is 20.8. The van der Waals surface area contributed by atoms with Gasteiger partial charge in [0, 0.05) is 24.9 Å². The summed E-state index contributed by atoms with van der Waals surface area (Å²) in [5, 5.41) is 4.83. The number of nitrogens with zero attached hydrogens (tertiary/aromatic N) is 4. The van der Waals surface area contributed by atoms with E-state index in [2.05, 4.69) is 41.3 Å². The fraction of sp³-hybridized carbons (Fsp3) is 0.333. The molecule has 1 fully saturated rings. The van der Waals surface area contributed by atoms with Gasteiger partial charge in [0.25, 0.3) is 0 Å². The molecule has 0 saturated carbocycles. The van der Waals surface area contributed by atoms with Gasteiger partial charge in [-0.05, 0) is 79.5 Å². The molecule has 4 heterocycles. The molecule has 0 atom stereocenters. The van der Waals surface area contributed by atoms with E-state index in [4.69, 9.17) is 19.6 Å². The van der Waals surface area contributed by atoms with Gasteiger partial charge in [0.15, 0.2) is 11.5 Å². The molecular weight excluding hydrogens is 412 g/mol. The van der Waals surface area contributed by atoms with Gasteiger partial charge in [-0.2, -0.15) is 5.10 Å². The molecule has 2 aromatic heterocycles. The summed E-state index contributed by atoms with van der Waals surface area (Å²) in [7, 11) is 0. The molecule has 0 amide bonds. The van der Waals surface area contributed by atoms with Crippen LogP contribution in [0.2, 0.25) is 0 Å². The van der Waals surface area contributed by atoms with E-state index in [1.165, 1.54) is 37.1 Å². The minimum Gasteiger partial charge on any atom is -0.493 e. The maximum atomic E-state index is 5.93. The number of aromatic nitrogens is 3. The summed E-state index contributed by atoms with van der Waals surface area (Å²) < 4.78 is 13.5. The van der Waals surface area contributed by atoms with E-state index in [1.54, 1.807) is 0 Å². The van der Waals surface area contributed by atoms with Crippen molar-refractivity contribution in [3.63, 3.8) is 0 Å². The number of likely N-dealkylation sites (tertiary alicyclic amines) is 1. The lowest BCUT2D eigenvalue weighted by molar-refractivity contribution is 0.238. The van der Waals surface area contributed by atoms with Crippen LogP contribution in [0.15, 0.2) is 60.7 Å². The molecule has 2 aliphatic rings. The average Bonchev–Trinajstić information content (AvgIpc) is 3.60. The highest BCUT2D eigenvalue weighted by Crippen LogP contribution is 2.30. The van der Waals surface area contributed by atoms with Crippen molar-refractivity contribution in [1.29, 1.82) is 0 Å². The normalized spacial score (nSPS) is 15.6. The van der Waals surface area contributed by atoms with Gasteiger partial charge >= 0.3 is 0 Å². The Morgan fingerprint density at radius 2 is 1.85 bits per heavy atom. The molecule has 6 rings (SSSR count). The lowest BCUT2D eigenvalue weighted by Crippen LogP contribution is -2.25. The lowest BCUT2D eigenvalue weighted by Gasteiger charge is -2.14. The highest BCUT2D eigenvalue weighted by Gasteiger charge is 2.15. The predicted octanol–water partition coefficient (Wildman–Crippen LogP) is 4.40. The number of rotatable bonds is 7. The second-order valence-electron chi connectivity index (χ2n) is 8.85. The Bertz CT molecular complexity index is 1260. The Balaban J connectivity index is 1.16. The van der Waals surface area contributed by atoms with Crippen molar-refractivity contribution in [3.8, 4) is 22.8 Å². The number of hydrogen-bond donors (Lipinski definition) is 0. The number of benzene rings is 2. The summed E-state index contributed by atoms with van der Waals surface area (Å²) in [6.45, 7) is 4.92. The smallest absolute Gasteiger partial charge is 0.156 e. The van der Waals surface area contributed by atoms with Crippen molar-refractivity contribution in [1.82, 2.24) is 19.5 Å². The van der Waals surface area contributed by atoms with Crippen molar-refractivity contribution >= 4 is 5.65 Å². The van der Waals surface area contributed by atoms with Crippen LogP contribution in [0.25, 0.3) is 16.9 Å². The van der Waals surface area contributed by atoms with Gasteiger partial charge in [-0.1, -0.05) is 18.2 Å². The molecule has 2 aromatic carbocycles. The molecule has 0 radical (unpaired) electrons. The van der Waals surface area contributed by atoms with Gasteiger partial charge in [-0.25, -0.2) is 9.50 Å². The lowest BCUT2D eigenvalue weighted by atomic mass is 10.1. The molecular formula is C27H28N4O2. The fourth-order valence-corrected chi connectivity index (χ4v) is 4.77. The Kier molecular flexibility index (Phi) is 5.44. The number of ether oxygens (including phenoxy) is 2. The number of hydrogen-bond acceptors (Lipinski definition) is 5. The first-order chi connectivity index (χ1) is 16.3. The van der Waals surface area contributed by atoms with Gasteiger partial charge < -0.3 is 9.47 Å². The Hall–Kier alpha value is -3.38. The molecule has 1 saturated heterocycles. The highest BCUT2D eigenvalue weighted by molar-refractivity contribution is 5.65. The molecule has 2 aliphatic heterocycles. The van der Waals surface area contributed by atoms with Gasteiger partial charge in [0.05, 0.1) is 12.3 Å². The van der Waals surface area contributed by atoms with E-state index in [-0.39, 0.29) is 0 Å². The Morgan fingerprint density at radius 1 is 0.970 bits per heavy atom. The van der Waals surface area contributed by atoms with E-state index in [0.29, 0.717) is 6.42 Å². The molecule has 0 bridgehead atoms. The van der Waals surface area contributed by atoms with Crippen LogP contribution in [-0.2, 0) is 12.8 Å². The summed E-state index contributed by atoms with van der Waals surface area (Å²) in [6.07, 6.45) is 4.28. The topological polar surface area (TPSA) is 51.9 Å². The zero-order valence-corrected chi connectivity index (χ0v) is 18.7. The van der Waals surface area contributed by atoms with Crippen LogP contribution in [0, 0.1) is 0 Å². The Morgan fingerprint density at radius 3 is 2.73 bits per heavy atom. The van der Waals surface area contributed by atoms with E-state index in [1.807, 2.05) is 28.8 Å². The molecule has 0 N–H and O–H groups in total. The largest absolute Gasteiger partial charge is 0.493 e. The molecule has 6 nitrogen and oxygen atoms in total. The summed E-state index contributed by atoms with van der Waals surface area (Å²) >= 11 is 0. The fourth-order valence-electron chi connectivity index (χ4n) is 4.77. The predicted molar refractivity (Wildman–Crippen MR) is 128 cm³/mol. The molecule has 0 spiro atoms. The first kappa shape index (κ1) is 20.2. The molecule has 0 aliphatic carbocycles. The molecule has 4 aromatic rings. The monoisotopic (exact) mass is 440 g/mol. The van der Waals surface area contributed by atoms with Crippen molar-refractivity contribution in [2.24, 2.45) is 0 Å². The van der Waals surface area contributed by atoms with Gasteiger partial charge in [0.2, 0.25) is 0 Å². The summed E-state index contributed by atoms with van der Waals surface area (Å²) in [5.74, 6) is 2.73. The quantitative estimate of drug-likeness (QED) is 0.426. The first-order valence-corrected chi connectivity index (χ1v) is 11.9. The van der Waals surface area contributed by atoms with Crippen LogP contribution in [0.5, 0.6) is 11.5 Å². The molecule has 168 valence electrons. The summed E-state index contributed by atoms with van der Waals surface area (Å²) in [4.78, 5) is 7.24. The zero-order chi connectivity index (χ0) is 22.0. The van der Waals surface area contributed by atoms with Crippen LogP contribution in [0.4, 0.5) is 0 Å². The SMILES string of the molecule is c1cc(-c2ccc3c(c2)CCO3)n2nc(Cc3ccc(OCCN4CCCC4)cc3)nc2c1. The van der Waals surface area contributed by atoms with Crippen molar-refractivity contribution in [2.45, 2.75) is 25.7 Å². The van der Waals surface area contributed by atoms with Crippen molar-refractivity contribution < 1.29 is 9.47 Å². The van der Waals surface area contributed by atoms with Gasteiger partial charge in [-0.15, -0.1) is 0 Å². The zero-order valence-electron chi connectivity index (χ0n) is 18.7. The average molecular weight is 441 g/mol. The third-order valence-electron chi connectivity index (χ3n) is 6.55. The minimum atomic E-state index is 0.688.